The molecule has 0 saturated heterocycles. The van der Waals surface area contributed by atoms with Gasteiger partial charge in [-0.25, -0.2) is 0 Å². The SMILES string of the molecule is CCCC(=O)Nc1ccc2c(c1)C(=O)N(C)C[C@@H](OC)[C@@H](C)CN(Cc1ccccn1)[C@H](C)CO2. The topological polar surface area (TPSA) is 84.0 Å². The van der Waals surface area contributed by atoms with Gasteiger partial charge in [-0.2, -0.15) is 0 Å². The Morgan fingerprint density at radius 2 is 2.03 bits per heavy atom. The number of benzene rings is 1. The number of rotatable bonds is 6. The lowest BCUT2D eigenvalue weighted by molar-refractivity contribution is -0.116. The smallest absolute Gasteiger partial charge is 0.257 e. The maximum atomic E-state index is 13.4. The zero-order chi connectivity index (χ0) is 25.4. The molecule has 0 unspecified atom stereocenters. The van der Waals surface area contributed by atoms with Crippen LogP contribution >= 0.6 is 0 Å². The first-order valence-corrected chi connectivity index (χ1v) is 12.3. The Kier molecular flexibility index (Phi) is 9.63. The molecule has 0 saturated carbocycles. The predicted molar refractivity (Wildman–Crippen MR) is 137 cm³/mol. The summed E-state index contributed by atoms with van der Waals surface area (Å²) in [6.45, 7) is 8.53. The van der Waals surface area contributed by atoms with E-state index in [0.717, 1.165) is 18.7 Å². The van der Waals surface area contributed by atoms with E-state index in [2.05, 4.69) is 29.0 Å². The predicted octanol–water partition coefficient (Wildman–Crippen LogP) is 3.83. The fourth-order valence-corrected chi connectivity index (χ4v) is 4.30. The van der Waals surface area contributed by atoms with Gasteiger partial charge in [0.2, 0.25) is 5.91 Å². The number of aromatic nitrogens is 1. The zero-order valence-electron chi connectivity index (χ0n) is 21.5. The quantitative estimate of drug-likeness (QED) is 0.674. The average molecular weight is 483 g/mol. The number of hydrogen-bond donors (Lipinski definition) is 1. The number of fused-ring (bicyclic) bond motifs is 1. The van der Waals surface area contributed by atoms with Gasteiger partial charge in [-0.15, -0.1) is 0 Å². The highest BCUT2D eigenvalue weighted by molar-refractivity contribution is 5.99. The average Bonchev–Trinajstić information content (AvgIpc) is 2.85. The molecular weight excluding hydrogens is 444 g/mol. The molecule has 3 rings (SSSR count). The molecule has 1 aliphatic rings. The third-order valence-corrected chi connectivity index (χ3v) is 6.43. The van der Waals surface area contributed by atoms with Crippen LogP contribution in [0.4, 0.5) is 5.69 Å². The molecule has 35 heavy (non-hydrogen) atoms. The van der Waals surface area contributed by atoms with Crippen LogP contribution < -0.4 is 10.1 Å². The fraction of sp³-hybridized carbons (Fsp3) is 0.519. The van der Waals surface area contributed by atoms with Gasteiger partial charge in [0.1, 0.15) is 12.4 Å². The summed E-state index contributed by atoms with van der Waals surface area (Å²) in [5.74, 6) is 0.427. The van der Waals surface area contributed by atoms with Crippen molar-refractivity contribution in [2.45, 2.75) is 52.3 Å². The first kappa shape index (κ1) is 26.6. The Balaban J connectivity index is 1.92. The third-order valence-electron chi connectivity index (χ3n) is 6.43. The number of amides is 2. The van der Waals surface area contributed by atoms with Crippen molar-refractivity contribution in [3.63, 3.8) is 0 Å². The molecule has 0 fully saturated rings. The summed E-state index contributed by atoms with van der Waals surface area (Å²) in [6, 6.07) is 11.3. The number of methoxy groups -OCH3 is 1. The van der Waals surface area contributed by atoms with Gasteiger partial charge in [-0.1, -0.05) is 19.9 Å². The molecule has 1 aliphatic heterocycles. The monoisotopic (exact) mass is 482 g/mol. The lowest BCUT2D eigenvalue weighted by Crippen LogP contribution is -2.46. The summed E-state index contributed by atoms with van der Waals surface area (Å²) in [4.78, 5) is 34.1. The molecule has 0 aliphatic carbocycles. The van der Waals surface area contributed by atoms with Gasteiger partial charge in [0.15, 0.2) is 0 Å². The second-order valence-corrected chi connectivity index (χ2v) is 9.36. The normalized spacial score (nSPS) is 21.9. The second kappa shape index (κ2) is 12.7. The van der Waals surface area contributed by atoms with Crippen molar-refractivity contribution in [1.82, 2.24) is 14.8 Å². The summed E-state index contributed by atoms with van der Waals surface area (Å²) in [7, 11) is 3.46. The van der Waals surface area contributed by atoms with Crippen molar-refractivity contribution in [2.75, 3.05) is 39.2 Å². The van der Waals surface area contributed by atoms with Gasteiger partial charge in [0, 0.05) is 58.1 Å². The summed E-state index contributed by atoms with van der Waals surface area (Å²) < 4.78 is 12.0. The number of ether oxygens (including phenoxy) is 2. The van der Waals surface area contributed by atoms with E-state index in [0.29, 0.717) is 43.1 Å². The molecule has 3 atom stereocenters. The number of likely N-dealkylation sites (N-methyl/N-ethyl adjacent to an activating group) is 1. The molecule has 2 heterocycles. The summed E-state index contributed by atoms with van der Waals surface area (Å²) in [5.41, 5.74) is 2.00. The molecule has 0 bridgehead atoms. The lowest BCUT2D eigenvalue weighted by Gasteiger charge is -2.35. The first-order chi connectivity index (χ1) is 16.8. The number of nitrogens with one attached hydrogen (secondary N) is 1. The van der Waals surface area contributed by atoms with E-state index >= 15 is 0 Å². The van der Waals surface area contributed by atoms with Crippen LogP contribution in [0.15, 0.2) is 42.6 Å². The molecule has 1 aromatic carbocycles. The van der Waals surface area contributed by atoms with Gasteiger partial charge in [-0.3, -0.25) is 19.5 Å². The number of nitrogens with zero attached hydrogens (tertiary/aromatic N) is 3. The number of carbonyl (C=O) groups excluding carboxylic acids is 2. The van der Waals surface area contributed by atoms with Crippen LogP contribution in [0.1, 0.15) is 49.7 Å². The minimum atomic E-state index is -0.167. The van der Waals surface area contributed by atoms with Crippen LogP contribution in [0.3, 0.4) is 0 Å². The Hall–Kier alpha value is -2.97. The van der Waals surface area contributed by atoms with E-state index in [-0.39, 0.29) is 29.9 Å². The molecule has 8 heteroatoms. The number of pyridine rings is 1. The highest BCUT2D eigenvalue weighted by Crippen LogP contribution is 2.27. The summed E-state index contributed by atoms with van der Waals surface area (Å²) >= 11 is 0. The Bertz CT molecular complexity index is 984. The maximum absolute atomic E-state index is 13.4. The molecule has 8 nitrogen and oxygen atoms in total. The van der Waals surface area contributed by atoms with Crippen LogP contribution in [0.5, 0.6) is 5.75 Å². The Morgan fingerprint density at radius 1 is 1.23 bits per heavy atom. The summed E-state index contributed by atoms with van der Waals surface area (Å²) in [6.07, 6.45) is 2.85. The van der Waals surface area contributed by atoms with Crippen LogP contribution in [-0.4, -0.2) is 72.6 Å². The van der Waals surface area contributed by atoms with E-state index in [1.165, 1.54) is 0 Å². The van der Waals surface area contributed by atoms with Gasteiger partial charge in [-0.05, 0) is 49.6 Å². The van der Waals surface area contributed by atoms with Crippen molar-refractivity contribution >= 4 is 17.5 Å². The highest BCUT2D eigenvalue weighted by Gasteiger charge is 2.28. The minimum Gasteiger partial charge on any atom is -0.491 e. The Morgan fingerprint density at radius 3 is 2.71 bits per heavy atom. The van der Waals surface area contributed by atoms with Crippen LogP contribution in [0, 0.1) is 5.92 Å². The van der Waals surface area contributed by atoms with Gasteiger partial charge < -0.3 is 19.7 Å². The molecule has 1 aromatic heterocycles. The van der Waals surface area contributed by atoms with Gasteiger partial charge in [0.05, 0.1) is 17.4 Å². The van der Waals surface area contributed by atoms with Crippen molar-refractivity contribution in [3.8, 4) is 5.75 Å². The molecule has 190 valence electrons. The zero-order valence-corrected chi connectivity index (χ0v) is 21.5. The molecule has 0 radical (unpaired) electrons. The second-order valence-electron chi connectivity index (χ2n) is 9.36. The van der Waals surface area contributed by atoms with Crippen LogP contribution in [0.25, 0.3) is 0 Å². The van der Waals surface area contributed by atoms with Crippen molar-refractivity contribution in [2.24, 2.45) is 5.92 Å². The molecule has 2 amide bonds. The maximum Gasteiger partial charge on any atom is 0.257 e. The first-order valence-electron chi connectivity index (χ1n) is 12.3. The number of carbonyl (C=O) groups is 2. The van der Waals surface area contributed by atoms with Gasteiger partial charge >= 0.3 is 0 Å². The van der Waals surface area contributed by atoms with Crippen molar-refractivity contribution in [1.29, 1.82) is 0 Å². The van der Waals surface area contributed by atoms with E-state index in [4.69, 9.17) is 9.47 Å². The number of hydrogen-bond acceptors (Lipinski definition) is 6. The molecular formula is C27H38N4O4. The fourth-order valence-electron chi connectivity index (χ4n) is 4.30. The van der Waals surface area contributed by atoms with E-state index < -0.39 is 0 Å². The van der Waals surface area contributed by atoms with Crippen molar-refractivity contribution < 1.29 is 19.1 Å². The van der Waals surface area contributed by atoms with E-state index in [1.54, 1.807) is 37.3 Å². The number of anilines is 1. The van der Waals surface area contributed by atoms with E-state index in [1.807, 2.05) is 31.3 Å². The van der Waals surface area contributed by atoms with Crippen LogP contribution in [-0.2, 0) is 16.1 Å². The van der Waals surface area contributed by atoms with Crippen molar-refractivity contribution in [3.05, 3.63) is 53.9 Å². The standard InChI is InChI=1S/C27H38N4O4/c1-6-9-26(32)29-21-11-12-24-23(14-21)27(33)30(4)17-25(34-5)19(2)15-31(20(3)18-35-24)16-22-10-7-8-13-28-22/h7-8,10-14,19-20,25H,6,9,15-18H2,1-5H3,(H,29,32)/t19-,20+,25+/m0/s1. The molecule has 0 spiro atoms. The lowest BCUT2D eigenvalue weighted by atomic mass is 10.0. The minimum absolute atomic E-state index is 0.0704. The Labute approximate surface area is 208 Å². The van der Waals surface area contributed by atoms with Gasteiger partial charge in [0.25, 0.3) is 5.91 Å². The highest BCUT2D eigenvalue weighted by atomic mass is 16.5. The molecule has 2 aromatic rings. The molecule has 1 N–H and O–H groups in total. The third kappa shape index (κ3) is 7.26. The summed E-state index contributed by atoms with van der Waals surface area (Å²) in [5, 5.41) is 2.88. The van der Waals surface area contributed by atoms with Crippen LogP contribution in [0.2, 0.25) is 0 Å². The largest absolute Gasteiger partial charge is 0.491 e. The van der Waals surface area contributed by atoms with E-state index in [9.17, 15) is 9.59 Å².